The zero-order valence-corrected chi connectivity index (χ0v) is 7.04. The van der Waals surface area contributed by atoms with E-state index in [0.29, 0.717) is 5.92 Å². The molecule has 1 aromatic rings. The average Bonchev–Trinajstić information content (AvgIpc) is 2.03. The average molecular weight is 150 g/mol. The van der Waals surface area contributed by atoms with E-state index in [2.05, 4.69) is 24.1 Å². The highest BCUT2D eigenvalue weighted by Gasteiger charge is 1.92. The third-order valence-corrected chi connectivity index (χ3v) is 1.39. The predicted molar refractivity (Wildman–Crippen MR) is 47.6 cm³/mol. The maximum atomic E-state index is 3.93. The fraction of sp³-hybridized carbons (Fsp3) is 0.444. The maximum absolute atomic E-state index is 3.93. The van der Waals surface area contributed by atoms with Gasteiger partial charge in [-0.1, -0.05) is 13.8 Å². The van der Waals surface area contributed by atoms with Crippen LogP contribution in [0.15, 0.2) is 24.5 Å². The molecule has 11 heavy (non-hydrogen) atoms. The highest BCUT2D eigenvalue weighted by atomic mass is 14.9. The molecule has 0 amide bonds. The highest BCUT2D eigenvalue weighted by molar-refractivity contribution is 5.40. The lowest BCUT2D eigenvalue weighted by Crippen LogP contribution is -2.07. The van der Waals surface area contributed by atoms with Crippen molar-refractivity contribution in [2.75, 3.05) is 11.9 Å². The smallest absolute Gasteiger partial charge is 0.0371 e. The number of pyridine rings is 1. The van der Waals surface area contributed by atoms with Crippen LogP contribution in [0.1, 0.15) is 13.8 Å². The molecular formula is C9H14N2. The van der Waals surface area contributed by atoms with Crippen LogP contribution in [0.3, 0.4) is 0 Å². The number of anilines is 1. The van der Waals surface area contributed by atoms with E-state index in [1.807, 2.05) is 12.1 Å². The molecule has 0 bridgehead atoms. The Morgan fingerprint density at radius 1 is 1.36 bits per heavy atom. The van der Waals surface area contributed by atoms with Gasteiger partial charge < -0.3 is 5.32 Å². The topological polar surface area (TPSA) is 24.9 Å². The summed E-state index contributed by atoms with van der Waals surface area (Å²) in [6.45, 7) is 5.40. The van der Waals surface area contributed by atoms with Crippen molar-refractivity contribution >= 4 is 5.69 Å². The summed E-state index contributed by atoms with van der Waals surface area (Å²) in [6, 6.07) is 3.95. The molecule has 0 atom stereocenters. The van der Waals surface area contributed by atoms with E-state index >= 15 is 0 Å². The van der Waals surface area contributed by atoms with Crippen LogP contribution < -0.4 is 5.32 Å². The van der Waals surface area contributed by atoms with Gasteiger partial charge in [-0.3, -0.25) is 4.98 Å². The minimum absolute atomic E-state index is 0.683. The SMILES string of the molecule is CC(C)CNc1ccncc1. The van der Waals surface area contributed by atoms with Gasteiger partial charge in [0.05, 0.1) is 0 Å². The molecule has 0 fully saturated rings. The Morgan fingerprint density at radius 2 is 2.00 bits per heavy atom. The molecule has 0 saturated heterocycles. The fourth-order valence-electron chi connectivity index (χ4n) is 0.792. The fourth-order valence-corrected chi connectivity index (χ4v) is 0.792. The summed E-state index contributed by atoms with van der Waals surface area (Å²) < 4.78 is 0. The first-order valence-electron chi connectivity index (χ1n) is 3.93. The summed E-state index contributed by atoms with van der Waals surface area (Å²) in [6.07, 6.45) is 3.59. The third-order valence-electron chi connectivity index (χ3n) is 1.39. The summed E-state index contributed by atoms with van der Waals surface area (Å²) in [5.74, 6) is 0.683. The van der Waals surface area contributed by atoms with Crippen LogP contribution in [-0.4, -0.2) is 11.5 Å². The van der Waals surface area contributed by atoms with Gasteiger partial charge in [0.1, 0.15) is 0 Å². The van der Waals surface area contributed by atoms with Crippen molar-refractivity contribution in [3.8, 4) is 0 Å². The Labute approximate surface area is 67.7 Å². The second kappa shape index (κ2) is 3.96. The van der Waals surface area contributed by atoms with Gasteiger partial charge in [-0.05, 0) is 18.1 Å². The van der Waals surface area contributed by atoms with Gasteiger partial charge in [0, 0.05) is 24.6 Å². The summed E-state index contributed by atoms with van der Waals surface area (Å²) in [7, 11) is 0. The minimum Gasteiger partial charge on any atom is -0.385 e. The lowest BCUT2D eigenvalue weighted by atomic mass is 10.2. The molecule has 0 aliphatic rings. The molecule has 0 spiro atoms. The number of hydrogen-bond donors (Lipinski definition) is 1. The Balaban J connectivity index is 2.39. The number of nitrogens with one attached hydrogen (secondary N) is 1. The summed E-state index contributed by atoms with van der Waals surface area (Å²) in [4.78, 5) is 3.93. The molecular weight excluding hydrogens is 136 g/mol. The third kappa shape index (κ3) is 3.03. The Kier molecular flexibility index (Phi) is 2.90. The van der Waals surface area contributed by atoms with E-state index in [9.17, 15) is 0 Å². The molecule has 1 N–H and O–H groups in total. The highest BCUT2D eigenvalue weighted by Crippen LogP contribution is 2.03. The molecule has 1 heterocycles. The van der Waals surface area contributed by atoms with Crippen LogP contribution in [-0.2, 0) is 0 Å². The van der Waals surface area contributed by atoms with Gasteiger partial charge in [0.15, 0.2) is 0 Å². The van der Waals surface area contributed by atoms with Gasteiger partial charge in [-0.25, -0.2) is 0 Å². The predicted octanol–water partition coefficient (Wildman–Crippen LogP) is 2.15. The first kappa shape index (κ1) is 8.05. The first-order valence-corrected chi connectivity index (χ1v) is 3.93. The van der Waals surface area contributed by atoms with Crippen LogP contribution in [0.2, 0.25) is 0 Å². The molecule has 0 saturated carbocycles. The minimum atomic E-state index is 0.683. The zero-order valence-electron chi connectivity index (χ0n) is 7.04. The monoisotopic (exact) mass is 150 g/mol. The van der Waals surface area contributed by atoms with Crippen LogP contribution in [0.5, 0.6) is 0 Å². The van der Waals surface area contributed by atoms with Gasteiger partial charge in [-0.15, -0.1) is 0 Å². The summed E-state index contributed by atoms with van der Waals surface area (Å²) in [5.41, 5.74) is 1.15. The number of rotatable bonds is 3. The molecule has 2 nitrogen and oxygen atoms in total. The van der Waals surface area contributed by atoms with Gasteiger partial charge in [0.25, 0.3) is 0 Å². The van der Waals surface area contributed by atoms with Crippen molar-refractivity contribution in [2.45, 2.75) is 13.8 Å². The van der Waals surface area contributed by atoms with E-state index in [4.69, 9.17) is 0 Å². The normalized spacial score (nSPS) is 10.1. The number of nitrogens with zero attached hydrogens (tertiary/aromatic N) is 1. The van der Waals surface area contributed by atoms with Crippen LogP contribution in [0.4, 0.5) is 5.69 Å². The van der Waals surface area contributed by atoms with Crippen molar-refractivity contribution in [1.29, 1.82) is 0 Å². The summed E-state index contributed by atoms with van der Waals surface area (Å²) >= 11 is 0. The lowest BCUT2D eigenvalue weighted by Gasteiger charge is -2.07. The van der Waals surface area contributed by atoms with Gasteiger partial charge in [-0.2, -0.15) is 0 Å². The van der Waals surface area contributed by atoms with Gasteiger partial charge in [0.2, 0.25) is 0 Å². The Morgan fingerprint density at radius 3 is 2.55 bits per heavy atom. The Bertz CT molecular complexity index is 194. The number of aromatic nitrogens is 1. The maximum Gasteiger partial charge on any atom is 0.0371 e. The quantitative estimate of drug-likeness (QED) is 0.714. The van der Waals surface area contributed by atoms with Crippen molar-refractivity contribution in [3.63, 3.8) is 0 Å². The van der Waals surface area contributed by atoms with Crippen molar-refractivity contribution in [3.05, 3.63) is 24.5 Å². The molecule has 2 heteroatoms. The van der Waals surface area contributed by atoms with E-state index in [1.165, 1.54) is 0 Å². The van der Waals surface area contributed by atoms with Crippen molar-refractivity contribution in [2.24, 2.45) is 5.92 Å². The van der Waals surface area contributed by atoms with Crippen LogP contribution >= 0.6 is 0 Å². The van der Waals surface area contributed by atoms with E-state index < -0.39 is 0 Å². The number of hydrogen-bond acceptors (Lipinski definition) is 2. The van der Waals surface area contributed by atoms with Gasteiger partial charge >= 0.3 is 0 Å². The van der Waals surface area contributed by atoms with E-state index in [-0.39, 0.29) is 0 Å². The molecule has 1 aromatic heterocycles. The molecule has 0 aliphatic heterocycles. The standard InChI is InChI=1S/C9H14N2/c1-8(2)7-11-9-3-5-10-6-4-9/h3-6,8H,7H2,1-2H3,(H,10,11). The largest absolute Gasteiger partial charge is 0.385 e. The Hall–Kier alpha value is -1.05. The summed E-state index contributed by atoms with van der Waals surface area (Å²) in [5, 5.41) is 3.30. The molecule has 0 aromatic carbocycles. The van der Waals surface area contributed by atoms with E-state index in [1.54, 1.807) is 12.4 Å². The molecule has 0 unspecified atom stereocenters. The second-order valence-corrected chi connectivity index (χ2v) is 3.01. The molecule has 60 valence electrons. The molecule has 0 radical (unpaired) electrons. The molecule has 1 rings (SSSR count). The zero-order chi connectivity index (χ0) is 8.10. The molecule has 0 aliphatic carbocycles. The van der Waals surface area contributed by atoms with Crippen LogP contribution in [0, 0.1) is 5.92 Å². The van der Waals surface area contributed by atoms with Crippen molar-refractivity contribution in [1.82, 2.24) is 4.98 Å². The first-order chi connectivity index (χ1) is 5.29. The van der Waals surface area contributed by atoms with Crippen molar-refractivity contribution < 1.29 is 0 Å². The second-order valence-electron chi connectivity index (χ2n) is 3.01. The van der Waals surface area contributed by atoms with E-state index in [0.717, 1.165) is 12.2 Å². The van der Waals surface area contributed by atoms with Crippen LogP contribution in [0.25, 0.3) is 0 Å². The lowest BCUT2D eigenvalue weighted by molar-refractivity contribution is 0.689.